The number of likely N-dealkylation sites (tertiary alicyclic amines) is 1. The fourth-order valence-corrected chi connectivity index (χ4v) is 4.99. The first-order valence-corrected chi connectivity index (χ1v) is 10.7. The maximum Gasteiger partial charge on any atom is 0.410 e. The molecule has 4 rings (SSSR count). The molecule has 3 heterocycles. The van der Waals surface area contributed by atoms with Crippen LogP contribution >= 0.6 is 0 Å². The average molecular weight is 407 g/mol. The van der Waals surface area contributed by atoms with Crippen molar-refractivity contribution in [2.45, 2.75) is 58.6 Å². The van der Waals surface area contributed by atoms with E-state index in [1.807, 2.05) is 37.8 Å². The summed E-state index contributed by atoms with van der Waals surface area (Å²) in [5.74, 6) is 0. The van der Waals surface area contributed by atoms with Crippen molar-refractivity contribution in [3.8, 4) is 6.07 Å². The summed E-state index contributed by atoms with van der Waals surface area (Å²) < 4.78 is 5.55. The second kappa shape index (κ2) is 7.46. The van der Waals surface area contributed by atoms with Gasteiger partial charge in [-0.25, -0.2) is 4.79 Å². The van der Waals surface area contributed by atoms with Crippen LogP contribution in [-0.2, 0) is 4.74 Å². The Kier molecular flexibility index (Phi) is 5.09. The summed E-state index contributed by atoms with van der Waals surface area (Å²) in [6.45, 7) is 10.4. The number of aromatic nitrogens is 1. The zero-order valence-corrected chi connectivity index (χ0v) is 18.3. The van der Waals surface area contributed by atoms with E-state index in [2.05, 4.69) is 35.0 Å². The molecule has 1 spiro atoms. The second-order valence-electron chi connectivity index (χ2n) is 9.79. The Morgan fingerprint density at radius 1 is 1.27 bits per heavy atom. The molecule has 2 aromatic rings. The van der Waals surface area contributed by atoms with Gasteiger partial charge in [0.1, 0.15) is 11.7 Å². The first kappa shape index (κ1) is 20.5. The lowest BCUT2D eigenvalue weighted by Gasteiger charge is -2.39. The third-order valence-corrected chi connectivity index (χ3v) is 6.42. The van der Waals surface area contributed by atoms with Gasteiger partial charge in [0.15, 0.2) is 0 Å². The Bertz CT molecular complexity index is 996. The number of anilines is 1. The van der Waals surface area contributed by atoms with Crippen LogP contribution in [0.1, 0.15) is 52.5 Å². The molecule has 158 valence electrons. The number of hydrogen-bond acceptors (Lipinski definition) is 5. The van der Waals surface area contributed by atoms with Crippen LogP contribution in [0.3, 0.4) is 0 Å². The summed E-state index contributed by atoms with van der Waals surface area (Å²) in [5.41, 5.74) is 2.28. The summed E-state index contributed by atoms with van der Waals surface area (Å²) >= 11 is 0. The largest absolute Gasteiger partial charge is 0.444 e. The summed E-state index contributed by atoms with van der Waals surface area (Å²) in [6, 6.07) is 10.6. The van der Waals surface area contributed by atoms with Crippen LogP contribution in [0.15, 0.2) is 30.5 Å². The smallest absolute Gasteiger partial charge is 0.410 e. The van der Waals surface area contributed by atoms with E-state index in [1.165, 1.54) is 0 Å². The van der Waals surface area contributed by atoms with Crippen molar-refractivity contribution in [3.05, 3.63) is 36.0 Å². The van der Waals surface area contributed by atoms with E-state index in [1.54, 1.807) is 6.20 Å². The molecule has 6 nitrogen and oxygen atoms in total. The predicted molar refractivity (Wildman–Crippen MR) is 117 cm³/mol. The zero-order chi connectivity index (χ0) is 21.5. The van der Waals surface area contributed by atoms with Crippen molar-refractivity contribution in [1.82, 2.24) is 9.88 Å². The van der Waals surface area contributed by atoms with Crippen LogP contribution in [0.2, 0.25) is 0 Å². The fourth-order valence-electron chi connectivity index (χ4n) is 4.99. The molecule has 6 heteroatoms. The number of ether oxygens (including phenoxy) is 1. The molecule has 0 unspecified atom stereocenters. The van der Waals surface area contributed by atoms with Gasteiger partial charge < -0.3 is 14.5 Å². The van der Waals surface area contributed by atoms with E-state index in [9.17, 15) is 10.1 Å². The number of hydrogen-bond donors (Lipinski definition) is 0. The molecule has 2 saturated heterocycles. The van der Waals surface area contributed by atoms with Gasteiger partial charge in [-0.3, -0.25) is 4.98 Å². The zero-order valence-electron chi connectivity index (χ0n) is 18.3. The molecule has 0 aliphatic carbocycles. The molecule has 1 atom stereocenters. The highest BCUT2D eigenvalue weighted by Crippen LogP contribution is 2.46. The normalized spacial score (nSPS) is 21.1. The Balaban J connectivity index is 1.52. The summed E-state index contributed by atoms with van der Waals surface area (Å²) in [4.78, 5) is 21.2. The number of pyridine rings is 1. The van der Waals surface area contributed by atoms with E-state index >= 15 is 0 Å². The van der Waals surface area contributed by atoms with Gasteiger partial charge >= 0.3 is 6.09 Å². The molecule has 2 aliphatic rings. The maximum absolute atomic E-state index is 12.4. The van der Waals surface area contributed by atoms with E-state index < -0.39 is 5.60 Å². The number of piperidine rings is 1. The number of carbonyl (C=O) groups excluding carboxylic acids is 1. The fraction of sp³-hybridized carbons (Fsp3) is 0.542. The minimum absolute atomic E-state index is 0.204. The van der Waals surface area contributed by atoms with Gasteiger partial charge in [-0.1, -0.05) is 0 Å². The minimum atomic E-state index is -0.463. The van der Waals surface area contributed by atoms with Crippen LogP contribution in [0, 0.1) is 16.7 Å². The van der Waals surface area contributed by atoms with Gasteiger partial charge in [0, 0.05) is 42.9 Å². The molecule has 1 aromatic carbocycles. The SMILES string of the molecule is C[C@H]1CC2(CCN(C(=O)OC(C)(C)C)CC2)CN1c1ccc(C#N)c2ncccc12. The van der Waals surface area contributed by atoms with E-state index in [-0.39, 0.29) is 11.5 Å². The van der Waals surface area contributed by atoms with E-state index in [0.29, 0.717) is 11.6 Å². The van der Waals surface area contributed by atoms with Crippen molar-refractivity contribution in [3.63, 3.8) is 0 Å². The Morgan fingerprint density at radius 3 is 2.67 bits per heavy atom. The molecule has 0 saturated carbocycles. The van der Waals surface area contributed by atoms with Gasteiger partial charge in [0.25, 0.3) is 0 Å². The molecule has 2 aliphatic heterocycles. The quantitative estimate of drug-likeness (QED) is 0.685. The number of nitrogens with zero attached hydrogens (tertiary/aromatic N) is 4. The van der Waals surface area contributed by atoms with Gasteiger partial charge in [-0.05, 0) is 76.6 Å². The summed E-state index contributed by atoms with van der Waals surface area (Å²) in [7, 11) is 0. The molecular weight excluding hydrogens is 376 g/mol. The minimum Gasteiger partial charge on any atom is -0.444 e. The third kappa shape index (κ3) is 3.81. The van der Waals surface area contributed by atoms with Crippen LogP contribution in [0.5, 0.6) is 0 Å². The van der Waals surface area contributed by atoms with Crippen molar-refractivity contribution < 1.29 is 9.53 Å². The van der Waals surface area contributed by atoms with E-state index in [4.69, 9.17) is 4.74 Å². The third-order valence-electron chi connectivity index (χ3n) is 6.42. The van der Waals surface area contributed by atoms with E-state index in [0.717, 1.165) is 55.5 Å². The molecule has 0 N–H and O–H groups in total. The predicted octanol–water partition coefficient (Wildman–Crippen LogP) is 4.72. The monoisotopic (exact) mass is 406 g/mol. The van der Waals surface area contributed by atoms with Gasteiger partial charge in [-0.15, -0.1) is 0 Å². The first-order chi connectivity index (χ1) is 14.2. The van der Waals surface area contributed by atoms with Gasteiger partial charge in [0.2, 0.25) is 0 Å². The van der Waals surface area contributed by atoms with Crippen molar-refractivity contribution >= 4 is 22.7 Å². The molecule has 1 aromatic heterocycles. The van der Waals surface area contributed by atoms with Gasteiger partial charge in [-0.2, -0.15) is 5.26 Å². The summed E-state index contributed by atoms with van der Waals surface area (Å²) in [6.07, 6.45) is 4.62. The average Bonchev–Trinajstić information content (AvgIpc) is 3.01. The maximum atomic E-state index is 12.4. The molecule has 2 fully saturated rings. The number of carbonyl (C=O) groups is 1. The molecule has 1 amide bonds. The molecular formula is C24H30N4O2. The van der Waals surface area contributed by atoms with Gasteiger partial charge in [0.05, 0.1) is 11.1 Å². The molecule has 0 radical (unpaired) electrons. The lowest BCUT2D eigenvalue weighted by molar-refractivity contribution is 0.0120. The van der Waals surface area contributed by atoms with Crippen LogP contribution in [0.25, 0.3) is 10.9 Å². The van der Waals surface area contributed by atoms with Crippen LogP contribution in [0.4, 0.5) is 10.5 Å². The van der Waals surface area contributed by atoms with Crippen molar-refractivity contribution in [2.75, 3.05) is 24.5 Å². The second-order valence-corrected chi connectivity index (χ2v) is 9.79. The highest BCUT2D eigenvalue weighted by molar-refractivity contribution is 5.95. The first-order valence-electron chi connectivity index (χ1n) is 10.7. The standard InChI is InChI=1S/C24H30N4O2/c1-17-14-24(9-12-27(13-10-24)22(29)30-23(2,3)4)16-28(17)20-8-7-18(15-25)21-19(20)6-5-11-26-21/h5-8,11,17H,9-10,12-14,16H2,1-4H3/t17-/m0/s1. The number of amides is 1. The number of benzene rings is 1. The molecule has 30 heavy (non-hydrogen) atoms. The van der Waals surface area contributed by atoms with Crippen LogP contribution < -0.4 is 4.90 Å². The molecule has 0 bridgehead atoms. The Labute approximate surface area is 178 Å². The van der Waals surface area contributed by atoms with Crippen molar-refractivity contribution in [1.29, 1.82) is 5.26 Å². The summed E-state index contributed by atoms with van der Waals surface area (Å²) in [5, 5.41) is 10.5. The highest BCUT2D eigenvalue weighted by atomic mass is 16.6. The number of fused-ring (bicyclic) bond motifs is 1. The Morgan fingerprint density at radius 2 is 2.00 bits per heavy atom. The lowest BCUT2D eigenvalue weighted by Crippen LogP contribution is -2.46. The number of rotatable bonds is 1. The highest BCUT2D eigenvalue weighted by Gasteiger charge is 2.45. The lowest BCUT2D eigenvalue weighted by atomic mass is 9.77. The topological polar surface area (TPSA) is 69.5 Å². The van der Waals surface area contributed by atoms with Crippen LogP contribution in [-0.4, -0.2) is 47.3 Å². The number of nitriles is 1. The van der Waals surface area contributed by atoms with Crippen molar-refractivity contribution in [2.24, 2.45) is 5.41 Å². The Hall–Kier alpha value is -2.81.